The maximum absolute atomic E-state index is 13.4. The lowest BCUT2D eigenvalue weighted by atomic mass is 9.99. The van der Waals surface area contributed by atoms with Gasteiger partial charge in [-0.2, -0.15) is 0 Å². The van der Waals surface area contributed by atoms with Crippen LogP contribution >= 0.6 is 0 Å². The number of ether oxygens (including phenoxy) is 1. The molecule has 160 valence electrons. The largest absolute Gasteiger partial charge is 0.446 e. The van der Waals surface area contributed by atoms with Crippen LogP contribution in [0, 0.1) is 5.82 Å². The molecule has 1 fully saturated rings. The van der Waals surface area contributed by atoms with Gasteiger partial charge in [-0.05, 0) is 41.7 Å². The Labute approximate surface area is 182 Å². The number of hydrogen-bond donors (Lipinski definition) is 1. The second-order valence-corrected chi connectivity index (χ2v) is 7.91. The molecule has 0 radical (unpaired) electrons. The summed E-state index contributed by atoms with van der Waals surface area (Å²) in [6.07, 6.45) is 1.02. The lowest BCUT2D eigenvalue weighted by Crippen LogP contribution is -2.40. The van der Waals surface area contributed by atoms with Crippen LogP contribution in [0.2, 0.25) is 0 Å². The van der Waals surface area contributed by atoms with Gasteiger partial charge in [-0.15, -0.1) is 0 Å². The zero-order valence-corrected chi connectivity index (χ0v) is 17.4. The Morgan fingerprint density at radius 2 is 1.55 bits per heavy atom. The van der Waals surface area contributed by atoms with Crippen molar-refractivity contribution < 1.29 is 13.9 Å². The van der Waals surface area contributed by atoms with Crippen molar-refractivity contribution in [2.45, 2.75) is 31.5 Å². The summed E-state index contributed by atoms with van der Waals surface area (Å²) in [5, 5.41) is 3.04. The predicted octanol–water partition coefficient (Wildman–Crippen LogP) is 5.31. The molecule has 1 aliphatic rings. The number of halogens is 1. The van der Waals surface area contributed by atoms with Crippen LogP contribution in [0.1, 0.15) is 35.6 Å². The van der Waals surface area contributed by atoms with Crippen molar-refractivity contribution in [1.29, 1.82) is 0 Å². The number of piperidine rings is 1. The molecule has 3 aromatic rings. The standard InChI is InChI=1S/C26H27FN2O2/c27-23-13-7-8-20(18-23)19-29-16-14-24(15-17-29)31-26(30)28-25(21-9-3-1-4-10-21)22-11-5-2-6-12-22/h1-13,18,24-25H,14-17,19H2,(H,28,30). The molecule has 0 atom stereocenters. The molecule has 0 aliphatic carbocycles. The average molecular weight is 419 g/mol. The number of hydrogen-bond acceptors (Lipinski definition) is 3. The summed E-state index contributed by atoms with van der Waals surface area (Å²) < 4.78 is 19.1. The Hall–Kier alpha value is -3.18. The third kappa shape index (κ3) is 5.92. The molecule has 4 rings (SSSR count). The number of carbonyl (C=O) groups is 1. The first-order valence-corrected chi connectivity index (χ1v) is 10.7. The van der Waals surface area contributed by atoms with Crippen LogP contribution in [-0.4, -0.2) is 30.2 Å². The molecule has 1 amide bonds. The van der Waals surface area contributed by atoms with E-state index in [-0.39, 0.29) is 18.0 Å². The Balaban J connectivity index is 1.32. The van der Waals surface area contributed by atoms with E-state index in [1.807, 2.05) is 66.7 Å². The number of amides is 1. The van der Waals surface area contributed by atoms with E-state index in [1.54, 1.807) is 12.1 Å². The van der Waals surface area contributed by atoms with Gasteiger partial charge in [-0.25, -0.2) is 9.18 Å². The van der Waals surface area contributed by atoms with Gasteiger partial charge in [0, 0.05) is 19.6 Å². The van der Waals surface area contributed by atoms with Gasteiger partial charge in [-0.3, -0.25) is 4.90 Å². The SMILES string of the molecule is O=C(NC(c1ccccc1)c1ccccc1)OC1CCN(Cc2cccc(F)c2)CC1. The average Bonchev–Trinajstić information content (AvgIpc) is 2.80. The molecule has 0 spiro atoms. The molecular formula is C26H27FN2O2. The minimum absolute atomic E-state index is 0.115. The zero-order chi connectivity index (χ0) is 21.5. The van der Waals surface area contributed by atoms with E-state index in [0.717, 1.165) is 42.6 Å². The molecule has 0 unspecified atom stereocenters. The minimum Gasteiger partial charge on any atom is -0.446 e. The molecule has 1 aliphatic heterocycles. The van der Waals surface area contributed by atoms with Crippen LogP contribution in [0.5, 0.6) is 0 Å². The van der Waals surface area contributed by atoms with Crippen LogP contribution in [0.15, 0.2) is 84.9 Å². The maximum atomic E-state index is 13.4. The Kier molecular flexibility index (Phi) is 6.95. The highest BCUT2D eigenvalue weighted by Gasteiger charge is 2.24. The summed E-state index contributed by atoms with van der Waals surface area (Å²) >= 11 is 0. The fourth-order valence-corrected chi connectivity index (χ4v) is 4.03. The van der Waals surface area contributed by atoms with Gasteiger partial charge >= 0.3 is 6.09 Å². The maximum Gasteiger partial charge on any atom is 0.408 e. The second kappa shape index (κ2) is 10.2. The molecule has 1 saturated heterocycles. The highest BCUT2D eigenvalue weighted by atomic mass is 19.1. The van der Waals surface area contributed by atoms with Crippen molar-refractivity contribution in [3.63, 3.8) is 0 Å². The lowest BCUT2D eigenvalue weighted by Gasteiger charge is -2.32. The van der Waals surface area contributed by atoms with E-state index in [2.05, 4.69) is 10.2 Å². The van der Waals surface area contributed by atoms with Crippen LogP contribution in [0.4, 0.5) is 9.18 Å². The molecule has 0 aromatic heterocycles. The van der Waals surface area contributed by atoms with Gasteiger partial charge in [0.25, 0.3) is 0 Å². The van der Waals surface area contributed by atoms with Crippen LogP contribution < -0.4 is 5.32 Å². The molecule has 5 heteroatoms. The van der Waals surface area contributed by atoms with Crippen molar-refractivity contribution in [2.75, 3.05) is 13.1 Å². The van der Waals surface area contributed by atoms with Gasteiger partial charge < -0.3 is 10.1 Å². The van der Waals surface area contributed by atoms with E-state index in [9.17, 15) is 9.18 Å². The van der Waals surface area contributed by atoms with Crippen LogP contribution in [0.25, 0.3) is 0 Å². The first kappa shape index (κ1) is 21.1. The lowest BCUT2D eigenvalue weighted by molar-refractivity contribution is 0.0476. The summed E-state index contributed by atoms with van der Waals surface area (Å²) in [5.41, 5.74) is 2.98. The van der Waals surface area contributed by atoms with Crippen molar-refractivity contribution in [1.82, 2.24) is 10.2 Å². The van der Waals surface area contributed by atoms with Gasteiger partial charge in [0.05, 0.1) is 6.04 Å². The quantitative estimate of drug-likeness (QED) is 0.590. The number of nitrogens with zero attached hydrogens (tertiary/aromatic N) is 1. The molecule has 4 nitrogen and oxygen atoms in total. The smallest absolute Gasteiger partial charge is 0.408 e. The molecule has 0 bridgehead atoms. The Morgan fingerprint density at radius 1 is 0.935 bits per heavy atom. The van der Waals surface area contributed by atoms with Gasteiger partial charge in [-0.1, -0.05) is 72.8 Å². The third-order valence-electron chi connectivity index (χ3n) is 5.63. The van der Waals surface area contributed by atoms with Gasteiger partial charge in [0.15, 0.2) is 0 Å². The number of rotatable bonds is 6. The summed E-state index contributed by atoms with van der Waals surface area (Å²) in [7, 11) is 0. The highest BCUT2D eigenvalue weighted by molar-refractivity contribution is 5.69. The second-order valence-electron chi connectivity index (χ2n) is 7.91. The highest BCUT2D eigenvalue weighted by Crippen LogP contribution is 2.23. The molecule has 3 aromatic carbocycles. The van der Waals surface area contributed by atoms with Crippen molar-refractivity contribution >= 4 is 6.09 Å². The van der Waals surface area contributed by atoms with E-state index < -0.39 is 6.09 Å². The van der Waals surface area contributed by atoms with Crippen molar-refractivity contribution in [2.24, 2.45) is 0 Å². The molecular weight excluding hydrogens is 391 g/mol. The minimum atomic E-state index is -0.402. The number of likely N-dealkylation sites (tertiary alicyclic amines) is 1. The predicted molar refractivity (Wildman–Crippen MR) is 119 cm³/mol. The number of carbonyl (C=O) groups excluding carboxylic acids is 1. The first-order chi connectivity index (χ1) is 15.2. The van der Waals surface area contributed by atoms with Gasteiger partial charge in [0.1, 0.15) is 11.9 Å². The van der Waals surface area contributed by atoms with E-state index in [0.29, 0.717) is 6.54 Å². The van der Waals surface area contributed by atoms with Gasteiger partial charge in [0.2, 0.25) is 0 Å². The third-order valence-corrected chi connectivity index (χ3v) is 5.63. The van der Waals surface area contributed by atoms with Crippen LogP contribution in [-0.2, 0) is 11.3 Å². The normalized spacial score (nSPS) is 15.0. The topological polar surface area (TPSA) is 41.6 Å². The monoisotopic (exact) mass is 418 g/mol. The number of benzene rings is 3. The summed E-state index contributed by atoms with van der Waals surface area (Å²) in [6.45, 7) is 2.34. The number of nitrogens with one attached hydrogen (secondary N) is 1. The van der Waals surface area contributed by atoms with Crippen molar-refractivity contribution in [3.05, 3.63) is 107 Å². The molecule has 1 heterocycles. The van der Waals surface area contributed by atoms with E-state index in [1.165, 1.54) is 6.07 Å². The molecule has 1 N–H and O–H groups in total. The Bertz CT molecular complexity index is 933. The summed E-state index contributed by atoms with van der Waals surface area (Å²) in [6, 6.07) is 26.2. The van der Waals surface area contributed by atoms with Crippen molar-refractivity contribution in [3.8, 4) is 0 Å². The molecule has 31 heavy (non-hydrogen) atoms. The summed E-state index contributed by atoms with van der Waals surface area (Å²) in [4.78, 5) is 15.0. The van der Waals surface area contributed by atoms with Crippen LogP contribution in [0.3, 0.4) is 0 Å². The first-order valence-electron chi connectivity index (χ1n) is 10.7. The zero-order valence-electron chi connectivity index (χ0n) is 17.4. The van der Waals surface area contributed by atoms with E-state index >= 15 is 0 Å². The number of alkyl carbamates (subject to hydrolysis) is 1. The fourth-order valence-electron chi connectivity index (χ4n) is 4.03. The molecule has 0 saturated carbocycles. The Morgan fingerprint density at radius 3 is 2.13 bits per heavy atom. The summed E-state index contributed by atoms with van der Waals surface area (Å²) in [5.74, 6) is -0.209. The fraction of sp³-hybridized carbons (Fsp3) is 0.269. The van der Waals surface area contributed by atoms with E-state index in [4.69, 9.17) is 4.74 Å².